The van der Waals surface area contributed by atoms with Gasteiger partial charge in [-0.3, -0.25) is 13.9 Å². The molecule has 0 fully saturated rings. The first-order valence-corrected chi connectivity index (χ1v) is 20.7. The number of carboxylic acid groups (broad SMARTS) is 1. The van der Waals surface area contributed by atoms with Gasteiger partial charge in [0.05, 0.1) is 17.6 Å². The van der Waals surface area contributed by atoms with Gasteiger partial charge in [0.2, 0.25) is 5.36 Å². The van der Waals surface area contributed by atoms with Gasteiger partial charge >= 0.3 is 0 Å². The molecule has 3 aromatic carbocycles. The summed E-state index contributed by atoms with van der Waals surface area (Å²) in [6.07, 6.45) is 3.84. The molecule has 15 heteroatoms. The largest absolute Gasteiger partial charge is 0.550 e. The van der Waals surface area contributed by atoms with Gasteiger partial charge in [0, 0.05) is 84.7 Å². The maximum absolute atomic E-state index is 14.0. The van der Waals surface area contributed by atoms with Crippen LogP contribution in [0.5, 0.6) is 11.5 Å². The van der Waals surface area contributed by atoms with Gasteiger partial charge in [-0.25, -0.2) is 4.58 Å². The molecule has 0 atom stereocenters. The molecule has 13 nitrogen and oxygen atoms in total. The van der Waals surface area contributed by atoms with Gasteiger partial charge in [-0.05, 0) is 67.9 Å². The zero-order chi connectivity index (χ0) is 37.2. The fourth-order valence-electron chi connectivity index (χ4n) is 7.49. The number of nitrogens with zero attached hydrogens (tertiary/aromatic N) is 3. The fourth-order valence-corrected chi connectivity index (χ4v) is 8.48. The van der Waals surface area contributed by atoms with E-state index in [4.69, 9.17) is 4.74 Å². The van der Waals surface area contributed by atoms with Crippen LogP contribution in [0, 0.1) is 0 Å². The van der Waals surface area contributed by atoms with Gasteiger partial charge in [-0.1, -0.05) is 18.2 Å². The number of aliphatic carboxylic acids is 1. The van der Waals surface area contributed by atoms with Crippen LogP contribution >= 0.6 is 0 Å². The Morgan fingerprint density at radius 1 is 0.904 bits per heavy atom. The van der Waals surface area contributed by atoms with Crippen molar-refractivity contribution in [1.29, 1.82) is 0 Å². The molecule has 52 heavy (non-hydrogen) atoms. The summed E-state index contributed by atoms with van der Waals surface area (Å²) in [4.78, 5) is 28.6. The van der Waals surface area contributed by atoms with Crippen LogP contribution in [0.15, 0.2) is 48.5 Å². The van der Waals surface area contributed by atoms with E-state index in [0.717, 1.165) is 64.2 Å². The zero-order valence-corrected chi connectivity index (χ0v) is 30.7. The highest BCUT2D eigenvalue weighted by Gasteiger charge is 2.30. The highest BCUT2D eigenvalue weighted by molar-refractivity contribution is 7.86. The highest BCUT2D eigenvalue weighted by atomic mass is 32.2. The maximum atomic E-state index is 14.0. The second-order valence-corrected chi connectivity index (χ2v) is 16.8. The molecule has 0 spiro atoms. The summed E-state index contributed by atoms with van der Waals surface area (Å²) in [5, 5.41) is 12.7. The molecule has 2 N–H and O–H groups in total. The van der Waals surface area contributed by atoms with Crippen molar-refractivity contribution in [1.82, 2.24) is 9.48 Å². The zero-order valence-electron chi connectivity index (χ0n) is 29.0. The van der Waals surface area contributed by atoms with E-state index in [2.05, 4.69) is 21.6 Å². The van der Waals surface area contributed by atoms with Gasteiger partial charge in [-0.15, -0.1) is 0 Å². The Morgan fingerprint density at radius 3 is 2.38 bits per heavy atom. The molecule has 0 radical (unpaired) electrons. The lowest BCUT2D eigenvalue weighted by Crippen LogP contribution is -2.40. The van der Waals surface area contributed by atoms with Gasteiger partial charge in [0.1, 0.15) is 24.6 Å². The minimum Gasteiger partial charge on any atom is -0.550 e. The summed E-state index contributed by atoms with van der Waals surface area (Å²) < 4.78 is 73.2. The van der Waals surface area contributed by atoms with Crippen molar-refractivity contribution < 1.29 is 45.4 Å². The molecule has 0 saturated heterocycles. The van der Waals surface area contributed by atoms with Crippen molar-refractivity contribution in [2.75, 3.05) is 56.2 Å². The number of hydrogen-bond acceptors (Lipinski definition) is 9. The predicted octanol–water partition coefficient (Wildman–Crippen LogP) is 1.39. The number of aryl methyl sites for hydroxylation is 2. The first-order chi connectivity index (χ1) is 24.7. The van der Waals surface area contributed by atoms with Crippen LogP contribution in [-0.4, -0.2) is 94.0 Å². The molecule has 0 unspecified atom stereocenters. The van der Waals surface area contributed by atoms with Gasteiger partial charge in [0.25, 0.3) is 26.1 Å². The van der Waals surface area contributed by atoms with E-state index in [0.29, 0.717) is 48.8 Å². The van der Waals surface area contributed by atoms with Crippen molar-refractivity contribution in [2.45, 2.75) is 51.4 Å². The van der Waals surface area contributed by atoms with E-state index in [9.17, 15) is 40.6 Å². The standard InChI is InChI=1S/C37H43N3O10S2/c1-38(14-6-13-35(41)42)37(43)28-12-3-2-11-27(28)36-29-21-25-9-4-15-39(17-7-19-51(44,45)46)31(25)23-33(29)50-34-24-32-26(22-30(34)36)10-5-16-40(32)18-8-20-52(47,48)49/h2-3,11-12,21-24H,4-10,13-20H2,1H3,(H2-,41,42,44,45,46,47,48,49). The third-order valence-electron chi connectivity index (χ3n) is 9.86. The summed E-state index contributed by atoms with van der Waals surface area (Å²) in [5.41, 5.74) is 5.74. The molecular weight excluding hydrogens is 711 g/mol. The number of hydrogen-bond donors (Lipinski definition) is 2. The molecular formula is C37H43N3O10S2. The average Bonchev–Trinajstić information content (AvgIpc) is 3.08. The first-order valence-electron chi connectivity index (χ1n) is 17.5. The molecule has 3 heterocycles. The second kappa shape index (κ2) is 15.3. The third kappa shape index (κ3) is 8.65. The summed E-state index contributed by atoms with van der Waals surface area (Å²) in [5.74, 6) is -1.01. The molecule has 0 aliphatic carbocycles. The van der Waals surface area contributed by atoms with Crippen molar-refractivity contribution in [2.24, 2.45) is 0 Å². The number of ether oxygens (including phenoxy) is 1. The number of carbonyl (C=O) groups is 2. The molecule has 3 aliphatic heterocycles. The lowest BCUT2D eigenvalue weighted by atomic mass is 9.86. The van der Waals surface area contributed by atoms with E-state index in [1.165, 1.54) is 4.90 Å². The number of carboxylic acids is 1. The molecule has 0 aromatic heterocycles. The van der Waals surface area contributed by atoms with Gasteiger partial charge < -0.3 is 24.4 Å². The number of carbonyl (C=O) groups excluding carboxylic acids is 2. The van der Waals surface area contributed by atoms with E-state index >= 15 is 0 Å². The van der Waals surface area contributed by atoms with Crippen LogP contribution < -0.4 is 29.9 Å². The van der Waals surface area contributed by atoms with E-state index in [1.54, 1.807) is 19.2 Å². The van der Waals surface area contributed by atoms with E-state index in [-0.39, 0.29) is 49.6 Å². The number of amides is 1. The summed E-state index contributed by atoms with van der Waals surface area (Å²) in [6, 6.07) is 15.4. The van der Waals surface area contributed by atoms with Crippen molar-refractivity contribution in [3.8, 4) is 11.5 Å². The molecule has 278 valence electrons. The Hall–Kier alpha value is -4.31. The van der Waals surface area contributed by atoms with Crippen molar-refractivity contribution in [3.63, 3.8) is 0 Å². The number of benzene rings is 3. The van der Waals surface area contributed by atoms with Crippen LogP contribution in [-0.2, 0) is 37.9 Å². The minimum atomic E-state index is -4.10. The van der Waals surface area contributed by atoms with Crippen LogP contribution in [0.25, 0.3) is 5.57 Å². The Morgan fingerprint density at radius 2 is 1.63 bits per heavy atom. The normalized spacial score (nSPS) is 15.2. The number of fused-ring (bicyclic) bond motifs is 4. The van der Waals surface area contributed by atoms with Crippen LogP contribution in [0.3, 0.4) is 0 Å². The molecule has 0 bridgehead atoms. The summed E-state index contributed by atoms with van der Waals surface area (Å²) >= 11 is 0. The molecule has 1 amide bonds. The smallest absolute Gasteiger partial charge is 0.265 e. The SMILES string of the molecule is CN(CCCC(=O)[O-])C(=O)c1ccccc1C1=c2cc3c(cc2Oc2cc4c(cc21)CCCN4CCCS(=O)(=O)O)=[N+](CCCS(=O)(=O)O)CCC3. The van der Waals surface area contributed by atoms with E-state index < -0.39 is 26.2 Å². The predicted molar refractivity (Wildman–Crippen MR) is 193 cm³/mol. The Kier molecular flexibility index (Phi) is 11.1. The Labute approximate surface area is 303 Å². The second-order valence-electron chi connectivity index (χ2n) is 13.6. The monoisotopic (exact) mass is 753 g/mol. The fraction of sp³-hybridized carbons (Fsp3) is 0.432. The first kappa shape index (κ1) is 37.4. The Bertz CT molecular complexity index is 2250. The highest BCUT2D eigenvalue weighted by Crippen LogP contribution is 2.42. The molecule has 3 aliphatic rings. The Balaban J connectivity index is 1.51. The van der Waals surface area contributed by atoms with Crippen LogP contribution in [0.4, 0.5) is 5.69 Å². The summed E-state index contributed by atoms with van der Waals surface area (Å²) in [7, 11) is -6.56. The van der Waals surface area contributed by atoms with Crippen molar-refractivity contribution >= 4 is 43.4 Å². The van der Waals surface area contributed by atoms with Crippen LogP contribution in [0.2, 0.25) is 0 Å². The lowest BCUT2D eigenvalue weighted by Gasteiger charge is -2.33. The quantitative estimate of drug-likeness (QED) is 0.140. The van der Waals surface area contributed by atoms with E-state index in [1.807, 2.05) is 24.3 Å². The van der Waals surface area contributed by atoms with Gasteiger partial charge in [-0.2, -0.15) is 16.8 Å². The number of anilines is 1. The van der Waals surface area contributed by atoms with Crippen LogP contribution in [0.1, 0.15) is 71.1 Å². The average molecular weight is 754 g/mol. The molecule has 6 rings (SSSR count). The van der Waals surface area contributed by atoms with Gasteiger partial charge in [0.15, 0.2) is 0 Å². The molecule has 3 aromatic rings. The molecule has 0 saturated carbocycles. The third-order valence-corrected chi connectivity index (χ3v) is 11.5. The topological polar surface area (TPSA) is 185 Å². The number of rotatable bonds is 14. The lowest BCUT2D eigenvalue weighted by molar-refractivity contribution is -0.305. The van der Waals surface area contributed by atoms with Crippen molar-refractivity contribution in [3.05, 3.63) is 86.9 Å². The minimum absolute atomic E-state index is 0.162. The maximum Gasteiger partial charge on any atom is 0.265 e. The summed E-state index contributed by atoms with van der Waals surface area (Å²) in [6.45, 7) is 2.49.